The van der Waals surface area contributed by atoms with Crippen molar-refractivity contribution in [2.45, 2.75) is 31.7 Å². The number of rotatable bonds is 7. The summed E-state index contributed by atoms with van der Waals surface area (Å²) >= 11 is 1.63. The molecule has 5 nitrogen and oxygen atoms in total. The third-order valence-electron chi connectivity index (χ3n) is 4.52. The fourth-order valence-electron chi connectivity index (χ4n) is 3.22. The predicted molar refractivity (Wildman–Crippen MR) is 114 cm³/mol. The topological polar surface area (TPSA) is 60.0 Å². The molecule has 0 amide bonds. The smallest absolute Gasteiger partial charge is 0.117 e. The summed E-state index contributed by atoms with van der Waals surface area (Å²) in [5, 5.41) is 0. The molecule has 3 aromatic heterocycles. The molecule has 0 saturated carbocycles. The average Bonchev–Trinajstić information content (AvgIpc) is 2.88. The molecule has 0 radical (unpaired) electrons. The molecule has 148 valence electrons. The first kappa shape index (κ1) is 20.5. The van der Waals surface area contributed by atoms with Crippen LogP contribution in [0.25, 0.3) is 11.0 Å². The summed E-state index contributed by atoms with van der Waals surface area (Å²) in [7, 11) is 4.01. The highest BCUT2D eigenvalue weighted by atomic mass is 32.2. The molecule has 0 aliphatic heterocycles. The van der Waals surface area contributed by atoms with Gasteiger partial charge in [-0.3, -0.25) is 14.3 Å². The quantitative estimate of drug-likeness (QED) is 0.608. The molecule has 0 spiro atoms. The van der Waals surface area contributed by atoms with E-state index in [9.17, 15) is 4.39 Å². The number of aryl methyl sites for hydroxylation is 1. The molecule has 0 aromatic carbocycles. The number of halogens is 1. The van der Waals surface area contributed by atoms with Crippen LogP contribution < -0.4 is 5.73 Å². The van der Waals surface area contributed by atoms with Gasteiger partial charge in [-0.25, -0.2) is 4.39 Å². The number of pyridine rings is 2. The van der Waals surface area contributed by atoms with Gasteiger partial charge < -0.3 is 10.3 Å². The van der Waals surface area contributed by atoms with Gasteiger partial charge in [0.1, 0.15) is 5.83 Å². The lowest BCUT2D eigenvalue weighted by Gasteiger charge is -2.09. The lowest BCUT2D eigenvalue weighted by molar-refractivity contribution is 0.554. The lowest BCUT2D eigenvalue weighted by atomic mass is 10.1. The molecule has 0 atom stereocenters. The number of fused-ring (bicyclic) bond motifs is 1. The van der Waals surface area contributed by atoms with Gasteiger partial charge in [0.15, 0.2) is 0 Å². The van der Waals surface area contributed by atoms with Crippen LogP contribution >= 0.6 is 11.9 Å². The van der Waals surface area contributed by atoms with Gasteiger partial charge in [0, 0.05) is 46.7 Å². The van der Waals surface area contributed by atoms with Crippen LogP contribution in [0, 0.1) is 13.8 Å². The van der Waals surface area contributed by atoms with Crippen LogP contribution in [0.4, 0.5) is 4.39 Å². The second kappa shape index (κ2) is 8.86. The van der Waals surface area contributed by atoms with Gasteiger partial charge in [-0.15, -0.1) is 0 Å². The highest BCUT2D eigenvalue weighted by Gasteiger charge is 2.17. The standard InChI is InChI=1S/C21H26FN5S/c1-14-5-8-20-21(25-14)19(15(2)27(20)13-16(22)9-10-23)11-17-6-7-18(12-24-17)28-26(3)4/h5-9,12H,10-11,13,23H2,1-4H3/b16-9-. The summed E-state index contributed by atoms with van der Waals surface area (Å²) in [5.41, 5.74) is 11.3. The van der Waals surface area contributed by atoms with Gasteiger partial charge in [0.05, 0.1) is 17.6 Å². The molecule has 0 saturated heterocycles. The Morgan fingerprint density at radius 3 is 2.68 bits per heavy atom. The molecule has 0 unspecified atom stereocenters. The summed E-state index contributed by atoms with van der Waals surface area (Å²) in [6.45, 7) is 4.33. The van der Waals surface area contributed by atoms with Crippen molar-refractivity contribution < 1.29 is 4.39 Å². The van der Waals surface area contributed by atoms with E-state index >= 15 is 0 Å². The van der Waals surface area contributed by atoms with Gasteiger partial charge in [0.2, 0.25) is 0 Å². The Morgan fingerprint density at radius 1 is 1.25 bits per heavy atom. The molecule has 28 heavy (non-hydrogen) atoms. The van der Waals surface area contributed by atoms with Crippen LogP contribution in [0.15, 0.2) is 47.3 Å². The molecule has 0 aliphatic rings. The maximum absolute atomic E-state index is 14.2. The van der Waals surface area contributed by atoms with Gasteiger partial charge in [0.25, 0.3) is 0 Å². The first-order valence-electron chi connectivity index (χ1n) is 9.19. The van der Waals surface area contributed by atoms with Crippen LogP contribution in [-0.2, 0) is 13.0 Å². The molecule has 3 aromatic rings. The van der Waals surface area contributed by atoms with E-state index in [1.807, 2.05) is 61.2 Å². The Balaban J connectivity index is 1.99. The van der Waals surface area contributed by atoms with E-state index in [0.29, 0.717) is 6.42 Å². The van der Waals surface area contributed by atoms with Crippen molar-refractivity contribution >= 4 is 23.0 Å². The molecule has 0 fully saturated rings. The van der Waals surface area contributed by atoms with Gasteiger partial charge in [-0.05, 0) is 70.2 Å². The van der Waals surface area contributed by atoms with Crippen LogP contribution in [-0.4, -0.2) is 39.5 Å². The Labute approximate surface area is 169 Å². The zero-order valence-corrected chi connectivity index (χ0v) is 17.6. The van der Waals surface area contributed by atoms with Crippen molar-refractivity contribution in [1.29, 1.82) is 0 Å². The van der Waals surface area contributed by atoms with E-state index in [0.717, 1.165) is 38.6 Å². The minimum atomic E-state index is -0.238. The van der Waals surface area contributed by atoms with Crippen molar-refractivity contribution in [3.05, 3.63) is 65.0 Å². The van der Waals surface area contributed by atoms with Crippen molar-refractivity contribution in [3.8, 4) is 0 Å². The van der Waals surface area contributed by atoms with E-state index in [-0.39, 0.29) is 18.9 Å². The van der Waals surface area contributed by atoms with Crippen LogP contribution in [0.3, 0.4) is 0 Å². The number of hydrogen-bond acceptors (Lipinski definition) is 5. The Kier molecular flexibility index (Phi) is 6.49. The van der Waals surface area contributed by atoms with Crippen molar-refractivity contribution in [1.82, 2.24) is 18.8 Å². The summed E-state index contributed by atoms with van der Waals surface area (Å²) in [6, 6.07) is 8.08. The fraction of sp³-hybridized carbons (Fsp3) is 0.333. The molecule has 2 N–H and O–H groups in total. The molecule has 0 bridgehead atoms. The lowest BCUT2D eigenvalue weighted by Crippen LogP contribution is -2.04. The highest BCUT2D eigenvalue weighted by Crippen LogP contribution is 2.28. The minimum Gasteiger partial charge on any atom is -0.336 e. The zero-order valence-electron chi connectivity index (χ0n) is 16.7. The molecule has 3 rings (SSSR count). The van der Waals surface area contributed by atoms with Gasteiger partial charge in [-0.1, -0.05) is 0 Å². The minimum absolute atomic E-state index is 0.163. The fourth-order valence-corrected chi connectivity index (χ4v) is 3.87. The molecular formula is C21H26FN5S. The van der Waals surface area contributed by atoms with Crippen LogP contribution in [0.2, 0.25) is 0 Å². The predicted octanol–water partition coefficient (Wildman–Crippen LogP) is 4.02. The number of nitrogens with two attached hydrogens (primary N) is 1. The van der Waals surface area contributed by atoms with Crippen molar-refractivity contribution in [3.63, 3.8) is 0 Å². The Morgan fingerprint density at radius 2 is 2.04 bits per heavy atom. The third kappa shape index (κ3) is 4.60. The molecule has 3 heterocycles. The van der Waals surface area contributed by atoms with E-state index in [2.05, 4.69) is 11.1 Å². The summed E-state index contributed by atoms with van der Waals surface area (Å²) in [4.78, 5) is 10.4. The van der Waals surface area contributed by atoms with Crippen molar-refractivity contribution in [2.24, 2.45) is 5.73 Å². The first-order valence-corrected chi connectivity index (χ1v) is 9.96. The number of hydrogen-bond donors (Lipinski definition) is 1. The Hall–Kier alpha value is -2.22. The molecule has 7 heteroatoms. The van der Waals surface area contributed by atoms with Crippen molar-refractivity contribution in [2.75, 3.05) is 20.6 Å². The summed E-state index contributed by atoms with van der Waals surface area (Å²) < 4.78 is 18.2. The third-order valence-corrected chi connectivity index (χ3v) is 5.34. The monoisotopic (exact) mass is 399 g/mol. The summed E-state index contributed by atoms with van der Waals surface area (Å²) in [5.74, 6) is -0.238. The zero-order chi connectivity index (χ0) is 20.3. The molecule has 0 aliphatic carbocycles. The molecular weight excluding hydrogens is 373 g/mol. The maximum Gasteiger partial charge on any atom is 0.117 e. The number of aromatic nitrogens is 3. The highest BCUT2D eigenvalue weighted by molar-refractivity contribution is 7.97. The second-order valence-corrected chi connectivity index (χ2v) is 8.31. The van der Waals surface area contributed by atoms with E-state index < -0.39 is 0 Å². The summed E-state index contributed by atoms with van der Waals surface area (Å²) in [6.07, 6.45) is 3.95. The number of nitrogens with zero attached hydrogens (tertiary/aromatic N) is 4. The normalized spacial score (nSPS) is 12.3. The van der Waals surface area contributed by atoms with E-state index in [1.54, 1.807) is 11.9 Å². The largest absolute Gasteiger partial charge is 0.336 e. The van der Waals surface area contributed by atoms with Crippen LogP contribution in [0.1, 0.15) is 22.6 Å². The number of allylic oxidation sites excluding steroid dienone is 1. The SMILES string of the molecule is Cc1ccc2c(n1)c(Cc1ccc(SN(C)C)cn1)c(C)n2C/C(F)=C/CN. The van der Waals surface area contributed by atoms with Gasteiger partial charge in [-0.2, -0.15) is 0 Å². The van der Waals surface area contributed by atoms with E-state index in [1.165, 1.54) is 6.08 Å². The van der Waals surface area contributed by atoms with Gasteiger partial charge >= 0.3 is 0 Å². The van der Waals surface area contributed by atoms with Crippen LogP contribution in [0.5, 0.6) is 0 Å². The maximum atomic E-state index is 14.2. The average molecular weight is 400 g/mol. The Bertz CT molecular complexity index is 992. The second-order valence-electron chi connectivity index (χ2n) is 6.92. The first-order chi connectivity index (χ1) is 13.4. The van der Waals surface area contributed by atoms with E-state index in [4.69, 9.17) is 10.7 Å².